The first-order chi connectivity index (χ1) is 18.5. The van der Waals surface area contributed by atoms with Crippen LogP contribution >= 0.6 is 0 Å². The number of amides is 2. The Morgan fingerprint density at radius 2 is 1.56 bits per heavy atom. The summed E-state index contributed by atoms with van der Waals surface area (Å²) in [6.07, 6.45) is 2.16. The van der Waals surface area contributed by atoms with E-state index in [9.17, 15) is 18.0 Å². The van der Waals surface area contributed by atoms with Crippen LogP contribution in [0.25, 0.3) is 0 Å². The maximum atomic E-state index is 14.1. The Bertz CT molecular complexity index is 1390. The standard InChI is InChI=1S/C31H39N3O4S/c1-6-18-32-31(36)29(20-26-13-8-7-9-14-26)33(21-27-15-11-10-12-24(27)3)30(35)22-34(39(5,37)38)28-19-23(2)16-17-25(28)4/h7-17,19,29H,6,18,20-22H2,1-5H3,(H,32,36)/t29-/m0/s1. The molecule has 0 spiro atoms. The lowest BCUT2D eigenvalue weighted by Crippen LogP contribution is -2.53. The molecule has 0 aliphatic heterocycles. The van der Waals surface area contributed by atoms with Crippen LogP contribution in [-0.4, -0.2) is 50.5 Å². The Morgan fingerprint density at radius 1 is 0.897 bits per heavy atom. The summed E-state index contributed by atoms with van der Waals surface area (Å²) < 4.78 is 27.1. The van der Waals surface area contributed by atoms with Crippen molar-refractivity contribution in [3.05, 3.63) is 101 Å². The normalized spacial score (nSPS) is 12.0. The molecule has 7 nitrogen and oxygen atoms in total. The number of nitrogens with zero attached hydrogens (tertiary/aromatic N) is 2. The first-order valence-electron chi connectivity index (χ1n) is 13.2. The molecule has 0 fully saturated rings. The Hall–Kier alpha value is -3.65. The first-order valence-corrected chi connectivity index (χ1v) is 15.1. The maximum absolute atomic E-state index is 14.1. The molecular weight excluding hydrogens is 510 g/mol. The number of nitrogens with one attached hydrogen (secondary N) is 1. The molecule has 0 bridgehead atoms. The van der Waals surface area contributed by atoms with Gasteiger partial charge in [-0.3, -0.25) is 13.9 Å². The van der Waals surface area contributed by atoms with Crippen molar-refractivity contribution in [1.82, 2.24) is 10.2 Å². The summed E-state index contributed by atoms with van der Waals surface area (Å²) in [5.41, 5.74) is 4.87. The summed E-state index contributed by atoms with van der Waals surface area (Å²) in [5.74, 6) is -0.711. The highest BCUT2D eigenvalue weighted by atomic mass is 32.2. The van der Waals surface area contributed by atoms with E-state index in [1.807, 2.05) is 94.4 Å². The third kappa shape index (κ3) is 8.17. The van der Waals surface area contributed by atoms with Gasteiger partial charge in [0.05, 0.1) is 11.9 Å². The molecule has 0 aliphatic carbocycles. The summed E-state index contributed by atoms with van der Waals surface area (Å²) in [6, 6.07) is 21.9. The SMILES string of the molecule is CCCNC(=O)[C@H](Cc1ccccc1)N(Cc1ccccc1C)C(=O)CN(c1cc(C)ccc1C)S(C)(=O)=O. The van der Waals surface area contributed by atoms with Crippen molar-refractivity contribution in [3.8, 4) is 0 Å². The average Bonchev–Trinajstić information content (AvgIpc) is 2.90. The number of carbonyl (C=O) groups is 2. The van der Waals surface area contributed by atoms with Crippen molar-refractivity contribution in [2.24, 2.45) is 0 Å². The van der Waals surface area contributed by atoms with Gasteiger partial charge in [0.25, 0.3) is 0 Å². The van der Waals surface area contributed by atoms with Crippen molar-refractivity contribution < 1.29 is 18.0 Å². The molecule has 0 aromatic heterocycles. The summed E-state index contributed by atoms with van der Waals surface area (Å²) in [6.45, 7) is 7.86. The molecule has 2 amide bonds. The van der Waals surface area contributed by atoms with Crippen molar-refractivity contribution in [2.75, 3.05) is 23.7 Å². The van der Waals surface area contributed by atoms with Crippen LogP contribution in [0.4, 0.5) is 5.69 Å². The van der Waals surface area contributed by atoms with E-state index >= 15 is 0 Å². The van der Waals surface area contributed by atoms with E-state index < -0.39 is 28.5 Å². The zero-order valence-corrected chi connectivity index (χ0v) is 24.3. The number of sulfonamides is 1. The van der Waals surface area contributed by atoms with Gasteiger partial charge in [-0.25, -0.2) is 8.42 Å². The molecule has 39 heavy (non-hydrogen) atoms. The van der Waals surface area contributed by atoms with Crippen molar-refractivity contribution in [1.29, 1.82) is 0 Å². The lowest BCUT2D eigenvalue weighted by molar-refractivity contribution is -0.140. The monoisotopic (exact) mass is 549 g/mol. The fraction of sp³-hybridized carbons (Fsp3) is 0.355. The third-order valence-electron chi connectivity index (χ3n) is 6.73. The van der Waals surface area contributed by atoms with E-state index in [1.165, 1.54) is 4.90 Å². The predicted octanol–water partition coefficient (Wildman–Crippen LogP) is 4.54. The Balaban J connectivity index is 2.08. The molecule has 8 heteroatoms. The van der Waals surface area contributed by atoms with Crippen LogP contribution in [0.15, 0.2) is 72.8 Å². The predicted molar refractivity (Wildman–Crippen MR) is 157 cm³/mol. The van der Waals surface area contributed by atoms with Crippen LogP contribution in [0.5, 0.6) is 0 Å². The lowest BCUT2D eigenvalue weighted by atomic mass is 10.0. The second-order valence-electron chi connectivity index (χ2n) is 10.0. The zero-order valence-electron chi connectivity index (χ0n) is 23.5. The van der Waals surface area contributed by atoms with E-state index in [4.69, 9.17) is 0 Å². The van der Waals surface area contributed by atoms with Gasteiger partial charge in [0, 0.05) is 19.5 Å². The topological polar surface area (TPSA) is 86.8 Å². The van der Waals surface area contributed by atoms with Gasteiger partial charge in [-0.1, -0.05) is 73.7 Å². The van der Waals surface area contributed by atoms with Gasteiger partial charge >= 0.3 is 0 Å². The molecule has 3 aromatic rings. The largest absolute Gasteiger partial charge is 0.354 e. The second kappa shape index (κ2) is 13.4. The minimum atomic E-state index is -3.80. The second-order valence-corrected chi connectivity index (χ2v) is 11.9. The number of carbonyl (C=O) groups excluding carboxylic acids is 2. The quantitative estimate of drug-likeness (QED) is 0.359. The molecule has 0 aliphatic rings. The van der Waals surface area contributed by atoms with Crippen molar-refractivity contribution >= 4 is 27.5 Å². The van der Waals surface area contributed by atoms with Crippen LogP contribution in [-0.2, 0) is 32.6 Å². The van der Waals surface area contributed by atoms with Crippen LogP contribution in [0.3, 0.4) is 0 Å². The molecule has 1 N–H and O–H groups in total. The number of hydrogen-bond acceptors (Lipinski definition) is 4. The molecule has 0 heterocycles. The minimum absolute atomic E-state index is 0.174. The van der Waals surface area contributed by atoms with E-state index in [2.05, 4.69) is 5.32 Å². The van der Waals surface area contributed by atoms with Gasteiger partial charge in [-0.2, -0.15) is 0 Å². The zero-order chi connectivity index (χ0) is 28.6. The number of benzene rings is 3. The van der Waals surface area contributed by atoms with Crippen molar-refractivity contribution in [2.45, 2.75) is 53.1 Å². The van der Waals surface area contributed by atoms with Crippen LogP contribution in [0.1, 0.15) is 41.2 Å². The summed E-state index contributed by atoms with van der Waals surface area (Å²) in [7, 11) is -3.80. The van der Waals surface area contributed by atoms with Crippen LogP contribution in [0.2, 0.25) is 0 Å². The smallest absolute Gasteiger partial charge is 0.244 e. The van der Waals surface area contributed by atoms with Gasteiger partial charge in [-0.15, -0.1) is 0 Å². The molecular formula is C31H39N3O4S. The molecule has 1 atom stereocenters. The summed E-state index contributed by atoms with van der Waals surface area (Å²) in [4.78, 5) is 29.2. The van der Waals surface area contributed by atoms with Gasteiger partial charge in [0.15, 0.2) is 0 Å². The third-order valence-corrected chi connectivity index (χ3v) is 7.86. The molecule has 208 valence electrons. The lowest BCUT2D eigenvalue weighted by Gasteiger charge is -2.34. The highest BCUT2D eigenvalue weighted by molar-refractivity contribution is 7.92. The molecule has 0 saturated carbocycles. The average molecular weight is 550 g/mol. The van der Waals surface area contributed by atoms with E-state index in [0.29, 0.717) is 18.7 Å². The van der Waals surface area contributed by atoms with E-state index in [0.717, 1.165) is 44.8 Å². The van der Waals surface area contributed by atoms with Gasteiger partial charge in [0.1, 0.15) is 12.6 Å². The highest BCUT2D eigenvalue weighted by Gasteiger charge is 2.33. The maximum Gasteiger partial charge on any atom is 0.244 e. The summed E-state index contributed by atoms with van der Waals surface area (Å²) in [5, 5.41) is 2.96. The van der Waals surface area contributed by atoms with Gasteiger partial charge < -0.3 is 10.2 Å². The fourth-order valence-electron chi connectivity index (χ4n) is 4.47. The highest BCUT2D eigenvalue weighted by Crippen LogP contribution is 2.25. The molecule has 0 saturated heterocycles. The van der Waals surface area contributed by atoms with Crippen molar-refractivity contribution in [3.63, 3.8) is 0 Å². The van der Waals surface area contributed by atoms with E-state index in [-0.39, 0.29) is 12.5 Å². The molecule has 0 unspecified atom stereocenters. The van der Waals surface area contributed by atoms with Crippen LogP contribution < -0.4 is 9.62 Å². The Kier molecular flexibility index (Phi) is 10.3. The fourth-order valence-corrected chi connectivity index (χ4v) is 5.37. The number of anilines is 1. The number of rotatable bonds is 12. The number of aryl methyl sites for hydroxylation is 3. The Morgan fingerprint density at radius 3 is 2.21 bits per heavy atom. The summed E-state index contributed by atoms with van der Waals surface area (Å²) >= 11 is 0. The molecule has 3 aromatic carbocycles. The first kappa shape index (κ1) is 29.9. The van der Waals surface area contributed by atoms with E-state index in [1.54, 1.807) is 6.07 Å². The number of hydrogen-bond donors (Lipinski definition) is 1. The van der Waals surface area contributed by atoms with Gasteiger partial charge in [0.2, 0.25) is 21.8 Å². The van der Waals surface area contributed by atoms with Crippen LogP contribution in [0, 0.1) is 20.8 Å². The minimum Gasteiger partial charge on any atom is -0.354 e. The molecule has 0 radical (unpaired) electrons. The van der Waals surface area contributed by atoms with Gasteiger partial charge in [-0.05, 0) is 61.1 Å². The Labute approximate surface area is 232 Å². The molecule has 3 rings (SSSR count).